The van der Waals surface area contributed by atoms with Gasteiger partial charge in [0.25, 0.3) is 0 Å². The van der Waals surface area contributed by atoms with Gasteiger partial charge in [-0.3, -0.25) is 52.7 Å². The number of hydrogen-bond acceptors (Lipinski definition) is 15. The fourth-order valence-corrected chi connectivity index (χ4v) is 11.1. The topological polar surface area (TPSA) is 317 Å². The molecule has 0 spiro atoms. The molecule has 11 amide bonds. The summed E-state index contributed by atoms with van der Waals surface area (Å²) in [6.07, 6.45) is 2.38. The Bertz CT molecular complexity index is 2460. The van der Waals surface area contributed by atoms with Gasteiger partial charge in [-0.15, -0.1) is 0 Å². The highest BCUT2D eigenvalue weighted by Crippen LogP contribution is 2.26. The largest absolute Gasteiger partial charge is 0.390 e. The summed E-state index contributed by atoms with van der Waals surface area (Å²) >= 11 is 0. The average Bonchev–Trinajstić information content (AvgIpc) is 0.863. The molecule has 0 radical (unpaired) electrons. The van der Waals surface area contributed by atoms with Gasteiger partial charge in [-0.2, -0.15) is 4.91 Å². The molecule has 26 nitrogen and oxygen atoms in total. The summed E-state index contributed by atoms with van der Waals surface area (Å²) in [4.78, 5) is 180. The van der Waals surface area contributed by atoms with Crippen molar-refractivity contribution in [3.8, 4) is 0 Å². The second kappa shape index (κ2) is 38.3. The van der Waals surface area contributed by atoms with E-state index in [4.69, 9.17) is 4.74 Å². The summed E-state index contributed by atoms with van der Waals surface area (Å²) in [7, 11) is 9.69. The molecule has 0 saturated carbocycles. The number of nitrogens with one attached hydrogen (secondary N) is 4. The van der Waals surface area contributed by atoms with Crippen molar-refractivity contribution in [3.63, 3.8) is 0 Å². The number of nitroso groups, excluding NO2 is 1. The zero-order valence-corrected chi connectivity index (χ0v) is 58.5. The normalized spacial score (nSPS) is 26.3. The number of amides is 11. The predicted octanol–water partition coefficient (Wildman–Crippen LogP) is 3.17. The highest BCUT2D eigenvalue weighted by atomic mass is 16.5. The zero-order valence-electron chi connectivity index (χ0n) is 58.5. The number of allylic oxidation sites excluding steroid dienone is 2. The number of carbonyl (C=O) groups is 11. The average molecular weight is 1280 g/mol. The van der Waals surface area contributed by atoms with Crippen molar-refractivity contribution in [1.82, 2.24) is 55.6 Å². The van der Waals surface area contributed by atoms with E-state index in [1.807, 2.05) is 41.5 Å². The van der Waals surface area contributed by atoms with Crippen molar-refractivity contribution < 1.29 is 62.6 Å². The smallest absolute Gasteiger partial charge is 0.246 e. The molecule has 13 atom stereocenters. The van der Waals surface area contributed by atoms with Crippen LogP contribution in [-0.4, -0.2) is 246 Å². The number of hydrogen-bond donors (Lipinski definition) is 5. The van der Waals surface area contributed by atoms with E-state index in [2.05, 4.69) is 26.4 Å². The monoisotopic (exact) mass is 1270 g/mol. The van der Waals surface area contributed by atoms with Crippen molar-refractivity contribution in [1.29, 1.82) is 0 Å². The third-order valence-corrected chi connectivity index (χ3v) is 16.8. The lowest BCUT2D eigenvalue weighted by Crippen LogP contribution is -2.63. The Morgan fingerprint density at radius 3 is 1.50 bits per heavy atom. The van der Waals surface area contributed by atoms with Gasteiger partial charge in [-0.1, -0.05) is 100 Å². The van der Waals surface area contributed by atoms with Gasteiger partial charge in [0.2, 0.25) is 65.0 Å². The minimum Gasteiger partial charge on any atom is -0.390 e. The maximum absolute atomic E-state index is 15.2. The first-order valence-corrected chi connectivity index (χ1v) is 32.0. The first kappa shape index (κ1) is 81.4. The van der Waals surface area contributed by atoms with E-state index in [1.54, 1.807) is 67.5 Å². The molecule has 1 rings (SSSR count). The molecule has 1 heterocycles. The lowest BCUT2D eigenvalue weighted by molar-refractivity contribution is -0.157. The van der Waals surface area contributed by atoms with Crippen LogP contribution in [0.5, 0.6) is 0 Å². The van der Waals surface area contributed by atoms with Crippen LogP contribution >= 0.6 is 0 Å². The quantitative estimate of drug-likeness (QED) is 0.0665. The van der Waals surface area contributed by atoms with Gasteiger partial charge in [0.05, 0.1) is 25.3 Å². The number of aliphatic hydroxyl groups excluding tert-OH is 1. The summed E-state index contributed by atoms with van der Waals surface area (Å²) in [5.41, 5.74) is 0. The van der Waals surface area contributed by atoms with Gasteiger partial charge in [0.15, 0.2) is 0 Å². The maximum atomic E-state index is 15.2. The van der Waals surface area contributed by atoms with Gasteiger partial charge in [-0.05, 0) is 108 Å². The summed E-state index contributed by atoms with van der Waals surface area (Å²) in [6, 6.07) is -13.0. The molecule has 1 saturated heterocycles. The van der Waals surface area contributed by atoms with Crippen LogP contribution in [0.3, 0.4) is 0 Å². The minimum absolute atomic E-state index is 0.0216. The number of rotatable bonds is 20. The van der Waals surface area contributed by atoms with Crippen LogP contribution in [0, 0.1) is 40.4 Å². The van der Waals surface area contributed by atoms with Crippen LogP contribution in [0.4, 0.5) is 0 Å². The van der Waals surface area contributed by atoms with Crippen molar-refractivity contribution in [2.75, 3.05) is 69.0 Å². The van der Waals surface area contributed by atoms with Gasteiger partial charge in [0, 0.05) is 55.9 Å². The van der Waals surface area contributed by atoms with E-state index in [1.165, 1.54) is 82.8 Å². The molecule has 514 valence electrons. The Kier molecular flexibility index (Phi) is 34.7. The van der Waals surface area contributed by atoms with Crippen LogP contribution in [0.15, 0.2) is 17.3 Å². The summed E-state index contributed by atoms with van der Waals surface area (Å²) in [5, 5.41) is 25.9. The lowest BCUT2D eigenvalue weighted by Gasteiger charge is -2.41. The second-order valence-electron chi connectivity index (χ2n) is 26.5. The molecule has 0 bridgehead atoms. The van der Waals surface area contributed by atoms with Gasteiger partial charge in [-0.25, -0.2) is 0 Å². The molecule has 5 N–H and O–H groups in total. The van der Waals surface area contributed by atoms with Crippen LogP contribution in [0.2, 0.25) is 0 Å². The van der Waals surface area contributed by atoms with Crippen LogP contribution < -0.4 is 21.3 Å². The Morgan fingerprint density at radius 1 is 0.533 bits per heavy atom. The van der Waals surface area contributed by atoms with E-state index in [0.717, 1.165) is 14.7 Å². The molecule has 90 heavy (non-hydrogen) atoms. The zero-order chi connectivity index (χ0) is 69.5. The van der Waals surface area contributed by atoms with Crippen molar-refractivity contribution in [2.45, 2.75) is 228 Å². The molecular formula is C64H114N12O14. The number of carbonyl (C=O) groups excluding carboxylic acids is 11. The van der Waals surface area contributed by atoms with E-state index in [9.17, 15) is 53.2 Å². The number of ether oxygens (including phenoxy) is 1. The predicted molar refractivity (Wildman–Crippen MR) is 344 cm³/mol. The van der Waals surface area contributed by atoms with Crippen LogP contribution in [0.25, 0.3) is 0 Å². The third kappa shape index (κ3) is 23.3. The molecule has 1 aliphatic heterocycles. The van der Waals surface area contributed by atoms with Crippen molar-refractivity contribution >= 4 is 65.0 Å². The minimum atomic E-state index is -1.65. The molecule has 0 aromatic heterocycles. The Morgan fingerprint density at radius 2 is 1.01 bits per heavy atom. The molecule has 0 unspecified atom stereocenters. The van der Waals surface area contributed by atoms with E-state index in [0.29, 0.717) is 12.8 Å². The summed E-state index contributed by atoms with van der Waals surface area (Å²) in [5.74, 6) is -10.4. The molecule has 0 aromatic rings. The standard InChI is InChI=1S/C64H114N12O14/c1-24-26-29-41(13)54(78)53-58(82)68-45(25-2)60(84)70(17)35-49(77)74(21)52(44(16)90-31-28-27-30-65-89)57(81)69-50(39(9)10)63(87)71(18)46(32-36(3)4)56(80)66-42(14)55(79)67-43(15)59(83)72(19)47(33-37(5)6)61(85)73(20)48(34-38(7)8)62(86)75(22)51(40(11)12)64(88)76(53)23/h24,26,36-48,50-54,78H,25,27-35H2,1-23H3,(H,66,80)(H,67,79)(H,68,82)(H,69,81)/t41-,42+,43-,44-,45+,46+,47+,48+,50+,51+,52+,53+,54-/m1/s1. The molecule has 1 aliphatic rings. The van der Waals surface area contributed by atoms with Gasteiger partial charge >= 0.3 is 0 Å². The fourth-order valence-electron chi connectivity index (χ4n) is 11.1. The molecule has 0 aromatic carbocycles. The van der Waals surface area contributed by atoms with Crippen molar-refractivity contribution in [3.05, 3.63) is 17.1 Å². The summed E-state index contributed by atoms with van der Waals surface area (Å²) < 4.78 is 6.08. The summed E-state index contributed by atoms with van der Waals surface area (Å²) in [6.45, 7) is 26.9. The maximum Gasteiger partial charge on any atom is 0.246 e. The highest BCUT2D eigenvalue weighted by Gasteiger charge is 2.46. The first-order valence-electron chi connectivity index (χ1n) is 32.0. The molecule has 26 heteroatoms. The molecule has 1 fully saturated rings. The second-order valence-corrected chi connectivity index (χ2v) is 26.5. The van der Waals surface area contributed by atoms with Crippen LogP contribution in [-0.2, 0) is 57.5 Å². The SMILES string of the molecule is CC=CC[C@@H](C)[C@@H](O)[C@H]1C(=O)N[C@@H](CC)C(=O)N(C)CC(=O)N(C)[C@@H]([C@@H](C)OCCCCN=O)C(=O)N[C@@H](C(C)C)C(=O)N(C)[C@@H](CC(C)C)C(=O)N[C@@H](C)C(=O)N[C@H](C)C(=O)N(C)[C@@H](CC(C)C)C(=O)N(C)[C@@H](CC(C)C)C(=O)N(C)[C@@H](C(C)C)C(=O)N1C. The Labute approximate surface area is 536 Å². The fraction of sp³-hybridized carbons (Fsp3) is 0.797. The van der Waals surface area contributed by atoms with Gasteiger partial charge in [0.1, 0.15) is 60.4 Å². The Balaban J connectivity index is 4.39. The van der Waals surface area contributed by atoms with Gasteiger partial charge < -0.3 is 65.4 Å². The number of aliphatic hydroxyl groups is 1. The van der Waals surface area contributed by atoms with Crippen LogP contribution in [0.1, 0.15) is 156 Å². The third-order valence-electron chi connectivity index (χ3n) is 16.8. The van der Waals surface area contributed by atoms with Crippen molar-refractivity contribution in [2.24, 2.45) is 40.7 Å². The molecule has 0 aliphatic carbocycles. The van der Waals surface area contributed by atoms with E-state index in [-0.39, 0.29) is 63.0 Å². The molecular weight excluding hydrogens is 1160 g/mol. The Hall–Kier alpha value is -6.57. The van der Waals surface area contributed by atoms with E-state index < -0.39 is 162 Å². The number of likely N-dealkylation sites (N-methyl/N-ethyl adjacent to an activating group) is 7. The number of nitrogens with zero attached hydrogens (tertiary/aromatic N) is 8. The lowest BCUT2D eigenvalue weighted by atomic mass is 9.91. The first-order chi connectivity index (χ1) is 41.8. The number of unbranched alkanes of at least 4 members (excludes halogenated alkanes) is 1. The van der Waals surface area contributed by atoms with E-state index >= 15 is 9.59 Å². The highest BCUT2D eigenvalue weighted by molar-refractivity contribution is 5.99.